The van der Waals surface area contributed by atoms with Gasteiger partial charge in [0.15, 0.2) is 6.10 Å². The SMILES string of the molecule is CC(OC(=O)c1cc(Cl)cc(Cl)c1)C(=O)c1ccc(NS(C)(=O)=O)cc1. The molecule has 1 atom stereocenters. The topological polar surface area (TPSA) is 89.5 Å². The minimum atomic E-state index is -3.41. The lowest BCUT2D eigenvalue weighted by Crippen LogP contribution is -2.24. The second kappa shape index (κ2) is 8.07. The van der Waals surface area contributed by atoms with Gasteiger partial charge in [0.1, 0.15) is 0 Å². The van der Waals surface area contributed by atoms with Crippen LogP contribution in [0, 0.1) is 0 Å². The van der Waals surface area contributed by atoms with E-state index in [0.29, 0.717) is 5.69 Å². The molecule has 0 saturated heterocycles. The molecule has 2 rings (SSSR count). The third-order valence-corrected chi connectivity index (χ3v) is 4.27. The zero-order valence-corrected chi connectivity index (χ0v) is 16.2. The van der Waals surface area contributed by atoms with Crippen molar-refractivity contribution in [3.63, 3.8) is 0 Å². The Kier molecular flexibility index (Phi) is 6.28. The molecule has 0 aromatic heterocycles. The van der Waals surface area contributed by atoms with Crippen LogP contribution in [-0.2, 0) is 14.8 Å². The van der Waals surface area contributed by atoms with Crippen molar-refractivity contribution in [2.24, 2.45) is 0 Å². The number of carbonyl (C=O) groups excluding carboxylic acids is 2. The van der Waals surface area contributed by atoms with Crippen molar-refractivity contribution in [2.75, 3.05) is 11.0 Å². The largest absolute Gasteiger partial charge is 0.451 e. The quantitative estimate of drug-likeness (QED) is 0.572. The van der Waals surface area contributed by atoms with E-state index in [-0.39, 0.29) is 21.2 Å². The van der Waals surface area contributed by atoms with Gasteiger partial charge in [0.2, 0.25) is 15.8 Å². The Morgan fingerprint density at radius 3 is 2.04 bits per heavy atom. The van der Waals surface area contributed by atoms with E-state index in [4.69, 9.17) is 27.9 Å². The maximum atomic E-state index is 12.4. The lowest BCUT2D eigenvalue weighted by molar-refractivity contribution is 0.0319. The van der Waals surface area contributed by atoms with E-state index < -0.39 is 27.9 Å². The van der Waals surface area contributed by atoms with Crippen LogP contribution in [0.1, 0.15) is 27.6 Å². The van der Waals surface area contributed by atoms with E-state index in [1.807, 2.05) is 0 Å². The first-order chi connectivity index (χ1) is 12.0. The van der Waals surface area contributed by atoms with Crippen molar-refractivity contribution in [2.45, 2.75) is 13.0 Å². The summed E-state index contributed by atoms with van der Waals surface area (Å²) in [5.41, 5.74) is 0.727. The number of carbonyl (C=O) groups is 2. The molecule has 26 heavy (non-hydrogen) atoms. The van der Waals surface area contributed by atoms with Gasteiger partial charge in [-0.2, -0.15) is 0 Å². The Labute approximate surface area is 161 Å². The van der Waals surface area contributed by atoms with Gasteiger partial charge < -0.3 is 4.74 Å². The maximum Gasteiger partial charge on any atom is 0.338 e. The summed E-state index contributed by atoms with van der Waals surface area (Å²) in [6.45, 7) is 1.44. The van der Waals surface area contributed by atoms with Crippen LogP contribution in [0.25, 0.3) is 0 Å². The fourth-order valence-electron chi connectivity index (χ4n) is 2.11. The molecule has 0 radical (unpaired) electrons. The molecular weight excluding hydrogens is 401 g/mol. The molecular formula is C17H15Cl2NO5S. The van der Waals surface area contributed by atoms with E-state index in [2.05, 4.69) is 4.72 Å². The number of benzene rings is 2. The first-order valence-electron chi connectivity index (χ1n) is 7.34. The minimum Gasteiger partial charge on any atom is -0.451 e. The van der Waals surface area contributed by atoms with Gasteiger partial charge in [0, 0.05) is 21.3 Å². The van der Waals surface area contributed by atoms with E-state index in [9.17, 15) is 18.0 Å². The third kappa shape index (κ3) is 5.72. The van der Waals surface area contributed by atoms with Gasteiger partial charge in [-0.05, 0) is 49.4 Å². The summed E-state index contributed by atoms with van der Waals surface area (Å²) in [6.07, 6.45) is -0.0237. The molecule has 2 aromatic carbocycles. The van der Waals surface area contributed by atoms with Gasteiger partial charge in [0.05, 0.1) is 11.8 Å². The second-order valence-electron chi connectivity index (χ2n) is 5.52. The average Bonchev–Trinajstić information content (AvgIpc) is 2.52. The minimum absolute atomic E-state index is 0.134. The number of ether oxygens (including phenoxy) is 1. The molecule has 6 nitrogen and oxygen atoms in total. The Morgan fingerprint density at radius 1 is 1.00 bits per heavy atom. The van der Waals surface area contributed by atoms with Crippen LogP contribution >= 0.6 is 23.2 Å². The van der Waals surface area contributed by atoms with Crippen molar-refractivity contribution >= 4 is 50.7 Å². The number of hydrogen-bond acceptors (Lipinski definition) is 5. The van der Waals surface area contributed by atoms with Crippen LogP contribution in [0.15, 0.2) is 42.5 Å². The molecule has 0 heterocycles. The number of rotatable bonds is 6. The molecule has 0 saturated carbocycles. The number of hydrogen-bond donors (Lipinski definition) is 1. The molecule has 0 amide bonds. The van der Waals surface area contributed by atoms with Crippen LogP contribution in [0.4, 0.5) is 5.69 Å². The first kappa shape index (κ1) is 20.2. The molecule has 1 unspecified atom stereocenters. The van der Waals surface area contributed by atoms with Crippen molar-refractivity contribution in [3.05, 3.63) is 63.6 Å². The summed E-state index contributed by atoms with van der Waals surface area (Å²) in [7, 11) is -3.41. The summed E-state index contributed by atoms with van der Waals surface area (Å²) in [4.78, 5) is 24.5. The van der Waals surface area contributed by atoms with Crippen molar-refractivity contribution in [1.82, 2.24) is 0 Å². The fraction of sp³-hybridized carbons (Fsp3) is 0.176. The second-order valence-corrected chi connectivity index (χ2v) is 8.14. The number of halogens is 2. The molecule has 0 aliphatic rings. The van der Waals surface area contributed by atoms with Gasteiger partial charge in [-0.3, -0.25) is 9.52 Å². The Balaban J connectivity index is 2.08. The zero-order valence-electron chi connectivity index (χ0n) is 13.8. The Bertz CT molecular complexity index is 922. The van der Waals surface area contributed by atoms with Gasteiger partial charge in [-0.25, -0.2) is 13.2 Å². The molecule has 1 N–H and O–H groups in total. The van der Waals surface area contributed by atoms with E-state index >= 15 is 0 Å². The molecule has 0 aliphatic carbocycles. The van der Waals surface area contributed by atoms with Crippen LogP contribution in [0.3, 0.4) is 0 Å². The third-order valence-electron chi connectivity index (χ3n) is 3.22. The number of Topliss-reactive ketones (excluding diaryl/α,β-unsaturated/α-hetero) is 1. The maximum absolute atomic E-state index is 12.4. The number of sulfonamides is 1. The molecule has 0 aliphatic heterocycles. The van der Waals surface area contributed by atoms with E-state index in [1.54, 1.807) is 0 Å². The first-order valence-corrected chi connectivity index (χ1v) is 9.99. The van der Waals surface area contributed by atoms with Crippen molar-refractivity contribution in [1.29, 1.82) is 0 Å². The Hall–Kier alpha value is -2.09. The van der Waals surface area contributed by atoms with Crippen LogP contribution in [0.2, 0.25) is 10.0 Å². The molecule has 2 aromatic rings. The highest BCUT2D eigenvalue weighted by molar-refractivity contribution is 7.92. The van der Waals surface area contributed by atoms with Crippen LogP contribution < -0.4 is 4.72 Å². The predicted molar refractivity (Wildman–Crippen MR) is 101 cm³/mol. The number of esters is 1. The molecule has 0 fully saturated rings. The molecule has 9 heteroatoms. The predicted octanol–water partition coefficient (Wildman–Crippen LogP) is 3.79. The van der Waals surface area contributed by atoms with Gasteiger partial charge in [-0.1, -0.05) is 23.2 Å². The smallest absolute Gasteiger partial charge is 0.338 e. The highest BCUT2D eigenvalue weighted by Gasteiger charge is 2.21. The fourth-order valence-corrected chi connectivity index (χ4v) is 3.20. The summed E-state index contributed by atoms with van der Waals surface area (Å²) in [5.74, 6) is -1.16. The summed E-state index contributed by atoms with van der Waals surface area (Å²) < 4.78 is 29.8. The van der Waals surface area contributed by atoms with Gasteiger partial charge in [0.25, 0.3) is 0 Å². The van der Waals surface area contributed by atoms with Gasteiger partial charge in [-0.15, -0.1) is 0 Å². The standard InChI is InChI=1S/C17H15Cl2NO5S/c1-10(25-17(22)12-7-13(18)9-14(19)8-12)16(21)11-3-5-15(6-4-11)20-26(2,23)24/h3-10,20H,1-2H3. The normalized spacial score (nSPS) is 12.3. The van der Waals surface area contributed by atoms with Crippen LogP contribution in [-0.4, -0.2) is 32.5 Å². The highest BCUT2D eigenvalue weighted by atomic mass is 35.5. The van der Waals surface area contributed by atoms with Crippen molar-refractivity contribution in [3.8, 4) is 0 Å². The highest BCUT2D eigenvalue weighted by Crippen LogP contribution is 2.20. The molecule has 0 bridgehead atoms. The molecule has 138 valence electrons. The Morgan fingerprint density at radius 2 is 1.54 bits per heavy atom. The van der Waals surface area contributed by atoms with E-state index in [0.717, 1.165) is 6.26 Å². The zero-order chi connectivity index (χ0) is 19.5. The average molecular weight is 416 g/mol. The summed E-state index contributed by atoms with van der Waals surface area (Å²) in [6, 6.07) is 10.0. The van der Waals surface area contributed by atoms with Crippen LogP contribution in [0.5, 0.6) is 0 Å². The van der Waals surface area contributed by atoms with Gasteiger partial charge >= 0.3 is 5.97 Å². The monoisotopic (exact) mass is 415 g/mol. The lowest BCUT2D eigenvalue weighted by Gasteiger charge is -2.13. The van der Waals surface area contributed by atoms with E-state index in [1.165, 1.54) is 49.4 Å². The number of nitrogens with one attached hydrogen (secondary N) is 1. The lowest BCUT2D eigenvalue weighted by atomic mass is 10.1. The molecule has 0 spiro atoms. The summed E-state index contributed by atoms with van der Waals surface area (Å²) >= 11 is 11.7. The van der Waals surface area contributed by atoms with Crippen molar-refractivity contribution < 1.29 is 22.7 Å². The number of ketones is 1. The summed E-state index contributed by atoms with van der Waals surface area (Å²) in [5, 5.41) is 0.551. The number of anilines is 1.